The number of H-pyrrole nitrogens is 1. The Morgan fingerprint density at radius 3 is 2.96 bits per heavy atom. The van der Waals surface area contributed by atoms with Crippen LogP contribution in [0.5, 0.6) is 0 Å². The summed E-state index contributed by atoms with van der Waals surface area (Å²) in [7, 11) is 0. The summed E-state index contributed by atoms with van der Waals surface area (Å²) in [5.74, 6) is -0.208. The number of carboxylic acids is 1. The van der Waals surface area contributed by atoms with Crippen LogP contribution in [0.4, 0.5) is 0 Å². The minimum Gasteiger partial charge on any atom is -0.480 e. The number of aromatic amines is 1. The summed E-state index contributed by atoms with van der Waals surface area (Å²) < 4.78 is 0. The van der Waals surface area contributed by atoms with Crippen molar-refractivity contribution in [1.29, 1.82) is 0 Å². The molecule has 1 aliphatic heterocycles. The fraction of sp³-hybridized carbons (Fsp3) is 0.235. The van der Waals surface area contributed by atoms with Gasteiger partial charge in [-0.1, -0.05) is 18.2 Å². The lowest BCUT2D eigenvalue weighted by atomic mass is 10.1. The molecule has 1 aliphatic rings. The van der Waals surface area contributed by atoms with E-state index in [0.717, 1.165) is 34.3 Å². The molecule has 3 aromatic rings. The summed E-state index contributed by atoms with van der Waals surface area (Å²) in [6, 6.07) is 9.14. The normalized spacial score (nSPS) is 17.2. The zero-order valence-corrected chi connectivity index (χ0v) is 12.6. The molecule has 1 aromatic carbocycles. The number of carboxylic acid groups (broad SMARTS) is 1. The molecule has 0 amide bonds. The van der Waals surface area contributed by atoms with Crippen LogP contribution in [0.1, 0.15) is 23.1 Å². The first-order valence-electron chi connectivity index (χ1n) is 7.55. The molecule has 2 aromatic heterocycles. The van der Waals surface area contributed by atoms with Crippen LogP contribution in [0.2, 0.25) is 0 Å². The Kier molecular flexibility index (Phi) is 3.12. The first-order valence-corrected chi connectivity index (χ1v) is 7.55. The molecule has 0 spiro atoms. The van der Waals surface area contributed by atoms with Gasteiger partial charge in [0.15, 0.2) is 6.04 Å². The molecule has 1 unspecified atom stereocenters. The molecule has 3 heterocycles. The highest BCUT2D eigenvalue weighted by atomic mass is 16.4. The zero-order valence-electron chi connectivity index (χ0n) is 12.6. The van der Waals surface area contributed by atoms with Crippen molar-refractivity contribution in [2.75, 3.05) is 6.54 Å². The van der Waals surface area contributed by atoms with Crippen LogP contribution >= 0.6 is 0 Å². The second-order valence-electron chi connectivity index (χ2n) is 5.75. The van der Waals surface area contributed by atoms with Crippen LogP contribution in [0.3, 0.4) is 0 Å². The minimum atomic E-state index is -0.904. The first kappa shape index (κ1) is 13.9. The molecule has 116 valence electrons. The molecular weight excluding hydrogens is 292 g/mol. The Balaban J connectivity index is 1.88. The van der Waals surface area contributed by atoms with Crippen molar-refractivity contribution < 1.29 is 9.90 Å². The highest BCUT2D eigenvalue weighted by Crippen LogP contribution is 2.29. The van der Waals surface area contributed by atoms with E-state index in [9.17, 15) is 9.90 Å². The van der Waals surface area contributed by atoms with Gasteiger partial charge in [-0.15, -0.1) is 0 Å². The number of benzene rings is 1. The van der Waals surface area contributed by atoms with Crippen molar-refractivity contribution >= 4 is 16.9 Å². The fourth-order valence-electron chi connectivity index (χ4n) is 3.09. The summed E-state index contributed by atoms with van der Waals surface area (Å²) in [5.41, 5.74) is 4.28. The van der Waals surface area contributed by atoms with Gasteiger partial charge in [-0.05, 0) is 19.1 Å². The average molecular weight is 308 g/mol. The van der Waals surface area contributed by atoms with Crippen LogP contribution in [0, 0.1) is 6.92 Å². The fourth-order valence-corrected chi connectivity index (χ4v) is 3.09. The monoisotopic (exact) mass is 308 g/mol. The molecule has 1 atom stereocenters. The Morgan fingerprint density at radius 2 is 2.13 bits per heavy atom. The molecule has 6 heteroatoms. The minimum absolute atomic E-state index is 0.579. The predicted octanol–water partition coefficient (Wildman–Crippen LogP) is 2.20. The van der Waals surface area contributed by atoms with Gasteiger partial charge < -0.3 is 10.1 Å². The van der Waals surface area contributed by atoms with Crippen molar-refractivity contribution in [3.8, 4) is 11.4 Å². The third-order valence-corrected chi connectivity index (χ3v) is 4.18. The maximum absolute atomic E-state index is 11.4. The number of nitrogens with zero attached hydrogens (tertiary/aromatic N) is 2. The van der Waals surface area contributed by atoms with E-state index < -0.39 is 12.0 Å². The second-order valence-corrected chi connectivity index (χ2v) is 5.75. The molecular formula is C17H16N4O2. The van der Waals surface area contributed by atoms with Gasteiger partial charge in [0.2, 0.25) is 0 Å². The van der Waals surface area contributed by atoms with E-state index in [2.05, 4.69) is 20.3 Å². The molecule has 23 heavy (non-hydrogen) atoms. The third-order valence-electron chi connectivity index (χ3n) is 4.18. The van der Waals surface area contributed by atoms with E-state index in [1.54, 1.807) is 0 Å². The number of imidazole rings is 1. The predicted molar refractivity (Wildman–Crippen MR) is 86.1 cm³/mol. The molecule has 0 saturated heterocycles. The highest BCUT2D eigenvalue weighted by molar-refractivity contribution is 5.93. The Hall–Kier alpha value is -2.73. The quantitative estimate of drug-likeness (QED) is 0.675. The highest BCUT2D eigenvalue weighted by Gasteiger charge is 2.29. The van der Waals surface area contributed by atoms with Gasteiger partial charge in [0, 0.05) is 35.3 Å². The number of pyridine rings is 1. The van der Waals surface area contributed by atoms with Crippen molar-refractivity contribution in [2.45, 2.75) is 19.4 Å². The standard InChI is InChI=1S/C17H16N4O2/c1-9-5-6-10-11(3-2-4-12(10)19-9)16-20-13-7-8-18-15(17(22)23)14(13)21-16/h2-6,15,18H,7-8H2,1H3,(H,20,21)(H,22,23). The lowest BCUT2D eigenvalue weighted by Crippen LogP contribution is -2.35. The third kappa shape index (κ3) is 2.27. The maximum atomic E-state index is 11.4. The van der Waals surface area contributed by atoms with Crippen LogP contribution in [-0.4, -0.2) is 32.6 Å². The molecule has 0 aliphatic carbocycles. The van der Waals surface area contributed by atoms with Crippen LogP contribution in [0.15, 0.2) is 30.3 Å². The summed E-state index contributed by atoms with van der Waals surface area (Å²) in [5, 5.41) is 13.3. The summed E-state index contributed by atoms with van der Waals surface area (Å²) in [4.78, 5) is 23.8. The van der Waals surface area contributed by atoms with E-state index in [1.807, 2.05) is 37.3 Å². The molecule has 0 saturated carbocycles. The second kappa shape index (κ2) is 5.17. The van der Waals surface area contributed by atoms with Gasteiger partial charge in [0.05, 0.1) is 11.2 Å². The molecule has 3 N–H and O–H groups in total. The van der Waals surface area contributed by atoms with E-state index in [4.69, 9.17) is 0 Å². The average Bonchev–Trinajstić information content (AvgIpc) is 2.97. The Bertz CT molecular complexity index is 916. The van der Waals surface area contributed by atoms with E-state index in [0.29, 0.717) is 18.1 Å². The Morgan fingerprint density at radius 1 is 1.26 bits per heavy atom. The van der Waals surface area contributed by atoms with Crippen molar-refractivity contribution in [1.82, 2.24) is 20.3 Å². The van der Waals surface area contributed by atoms with Crippen LogP contribution in [0.25, 0.3) is 22.3 Å². The van der Waals surface area contributed by atoms with Gasteiger partial charge in [0.1, 0.15) is 5.82 Å². The van der Waals surface area contributed by atoms with E-state index in [-0.39, 0.29) is 0 Å². The first-order chi connectivity index (χ1) is 11.1. The largest absolute Gasteiger partial charge is 0.480 e. The lowest BCUT2D eigenvalue weighted by Gasteiger charge is -2.18. The molecule has 0 fully saturated rings. The molecule has 6 nitrogen and oxygen atoms in total. The number of aryl methyl sites for hydroxylation is 1. The number of aromatic nitrogens is 3. The lowest BCUT2D eigenvalue weighted by molar-refractivity contribution is -0.139. The topological polar surface area (TPSA) is 90.9 Å². The number of aliphatic carboxylic acids is 1. The van der Waals surface area contributed by atoms with Crippen LogP contribution < -0.4 is 5.32 Å². The number of fused-ring (bicyclic) bond motifs is 2. The number of hydrogen-bond acceptors (Lipinski definition) is 4. The van der Waals surface area contributed by atoms with Crippen molar-refractivity contribution in [3.63, 3.8) is 0 Å². The number of rotatable bonds is 2. The molecule has 0 radical (unpaired) electrons. The smallest absolute Gasteiger partial charge is 0.327 e. The van der Waals surface area contributed by atoms with Gasteiger partial charge >= 0.3 is 5.97 Å². The van der Waals surface area contributed by atoms with Gasteiger partial charge in [0.25, 0.3) is 0 Å². The van der Waals surface area contributed by atoms with Crippen molar-refractivity contribution in [2.24, 2.45) is 0 Å². The number of nitrogens with one attached hydrogen (secondary N) is 2. The van der Waals surface area contributed by atoms with E-state index in [1.165, 1.54) is 0 Å². The molecule has 0 bridgehead atoms. The maximum Gasteiger partial charge on any atom is 0.327 e. The number of carbonyl (C=O) groups is 1. The van der Waals surface area contributed by atoms with Crippen molar-refractivity contribution in [3.05, 3.63) is 47.4 Å². The van der Waals surface area contributed by atoms with Gasteiger partial charge in [-0.2, -0.15) is 0 Å². The number of hydrogen-bond donors (Lipinski definition) is 3. The SMILES string of the molecule is Cc1ccc2c(-c3nc4c([nH]3)CCNC4C(=O)O)cccc2n1. The summed E-state index contributed by atoms with van der Waals surface area (Å²) in [6.45, 7) is 2.59. The van der Waals surface area contributed by atoms with Crippen LogP contribution in [-0.2, 0) is 11.2 Å². The van der Waals surface area contributed by atoms with Gasteiger partial charge in [-0.3, -0.25) is 15.1 Å². The molecule has 4 rings (SSSR count). The summed E-state index contributed by atoms with van der Waals surface area (Å²) >= 11 is 0. The Labute approximate surface area is 132 Å². The zero-order chi connectivity index (χ0) is 16.0. The van der Waals surface area contributed by atoms with Gasteiger partial charge in [-0.25, -0.2) is 4.98 Å². The van der Waals surface area contributed by atoms with E-state index >= 15 is 0 Å². The summed E-state index contributed by atoms with van der Waals surface area (Å²) in [6.07, 6.45) is 0.744.